The molecule has 2 aliphatic rings. The quantitative estimate of drug-likeness (QED) is 0.732. The van der Waals surface area contributed by atoms with E-state index in [1.807, 2.05) is 0 Å². The average Bonchev–Trinajstić information content (AvgIpc) is 2.48. The topological polar surface area (TPSA) is 89.9 Å². The van der Waals surface area contributed by atoms with E-state index in [1.165, 1.54) is 0 Å². The van der Waals surface area contributed by atoms with E-state index in [2.05, 4.69) is 24.1 Å². The molecule has 0 aromatic rings. The zero-order valence-corrected chi connectivity index (χ0v) is 13.0. The highest BCUT2D eigenvalue weighted by Gasteiger charge is 2.29. The fourth-order valence-electron chi connectivity index (χ4n) is 2.90. The van der Waals surface area contributed by atoms with Crippen LogP contribution in [0, 0.1) is 0 Å². The van der Waals surface area contributed by atoms with E-state index in [4.69, 9.17) is 10.2 Å². The summed E-state index contributed by atoms with van der Waals surface area (Å²) >= 11 is 0. The Balaban J connectivity index is 0.000000219. The number of piperidine rings is 2. The Morgan fingerprint density at radius 2 is 1.71 bits per heavy atom. The molecule has 2 saturated heterocycles. The van der Waals surface area contributed by atoms with E-state index in [0.717, 1.165) is 51.6 Å². The van der Waals surface area contributed by atoms with Gasteiger partial charge in [-0.25, -0.2) is 0 Å². The second kappa shape index (κ2) is 9.00. The van der Waals surface area contributed by atoms with Gasteiger partial charge in [-0.05, 0) is 52.6 Å². The number of hydrogen-bond donors (Lipinski definition) is 3. The predicted octanol–water partition coefficient (Wildman–Crippen LogP) is 1.55. The summed E-state index contributed by atoms with van der Waals surface area (Å²) in [5.41, 5.74) is 0. The van der Waals surface area contributed by atoms with Crippen molar-refractivity contribution in [1.82, 2.24) is 10.2 Å². The Labute approximate surface area is 126 Å². The number of nitrogens with one attached hydrogen (secondary N) is 1. The lowest BCUT2D eigenvalue weighted by Crippen LogP contribution is -2.48. The lowest BCUT2D eigenvalue weighted by Gasteiger charge is -2.35. The molecule has 2 aliphatic heterocycles. The van der Waals surface area contributed by atoms with Gasteiger partial charge in [-0.2, -0.15) is 0 Å². The van der Waals surface area contributed by atoms with Gasteiger partial charge in [0.15, 0.2) is 0 Å². The molecule has 0 unspecified atom stereocenters. The zero-order valence-electron chi connectivity index (χ0n) is 13.0. The van der Waals surface area contributed by atoms with Crippen LogP contribution in [0.2, 0.25) is 0 Å². The van der Waals surface area contributed by atoms with Crippen molar-refractivity contribution in [2.45, 2.75) is 70.5 Å². The van der Waals surface area contributed by atoms with E-state index in [9.17, 15) is 9.59 Å². The second-order valence-electron chi connectivity index (χ2n) is 6.02. The summed E-state index contributed by atoms with van der Waals surface area (Å²) in [6, 6.07) is -0.163. The Kier molecular flexibility index (Phi) is 7.67. The minimum atomic E-state index is -0.713. The van der Waals surface area contributed by atoms with Crippen molar-refractivity contribution in [1.29, 1.82) is 0 Å². The number of carboxylic acids is 2. The Bertz CT molecular complexity index is 341. The Hall–Kier alpha value is -1.14. The number of carbonyl (C=O) groups is 2. The molecule has 2 rings (SSSR count). The van der Waals surface area contributed by atoms with Crippen LogP contribution >= 0.6 is 0 Å². The smallest absolute Gasteiger partial charge is 0.320 e. The first-order chi connectivity index (χ1) is 9.93. The number of rotatable bonds is 3. The summed E-state index contributed by atoms with van der Waals surface area (Å²) in [4.78, 5) is 23.2. The maximum Gasteiger partial charge on any atom is 0.320 e. The Morgan fingerprint density at radius 3 is 2.10 bits per heavy atom. The van der Waals surface area contributed by atoms with Gasteiger partial charge in [0.05, 0.1) is 0 Å². The number of nitrogens with zero attached hydrogens (tertiary/aromatic N) is 1. The molecule has 0 saturated carbocycles. The first kappa shape index (κ1) is 17.9. The molecule has 0 radical (unpaired) electrons. The minimum absolute atomic E-state index is 0.237. The van der Waals surface area contributed by atoms with Crippen LogP contribution in [0.3, 0.4) is 0 Å². The largest absolute Gasteiger partial charge is 0.480 e. The van der Waals surface area contributed by atoms with Crippen molar-refractivity contribution in [3.8, 4) is 0 Å². The molecule has 0 amide bonds. The summed E-state index contributed by atoms with van der Waals surface area (Å²) in [7, 11) is 0. The molecule has 2 heterocycles. The van der Waals surface area contributed by atoms with E-state index < -0.39 is 11.9 Å². The standard InChI is InChI=1S/C9H17NO2.C6H11NO2/c1-7(2)10-6-4-3-5-8(10)9(11)12;8-6(9)5-3-1-2-4-7-5/h7-8H,3-6H2,1-2H3,(H,11,12);5,7H,1-4H2,(H,8,9)/t8-;5-/m00/s1. The minimum Gasteiger partial charge on any atom is -0.480 e. The van der Waals surface area contributed by atoms with Gasteiger partial charge in [0, 0.05) is 6.04 Å². The summed E-state index contributed by atoms with van der Waals surface area (Å²) in [5, 5.41) is 20.3. The SMILES string of the molecule is CC(C)N1CCCC[C@H]1C(=O)O.O=C(O)[C@@H]1CCCCN1. The van der Waals surface area contributed by atoms with Gasteiger partial charge in [0.2, 0.25) is 0 Å². The maximum absolute atomic E-state index is 10.8. The molecule has 2 atom stereocenters. The van der Waals surface area contributed by atoms with Crippen molar-refractivity contribution < 1.29 is 19.8 Å². The normalized spacial score (nSPS) is 26.8. The summed E-state index contributed by atoms with van der Waals surface area (Å²) in [6.45, 7) is 5.91. The molecule has 2 fully saturated rings. The van der Waals surface area contributed by atoms with Crippen molar-refractivity contribution in [3.05, 3.63) is 0 Å². The van der Waals surface area contributed by atoms with Gasteiger partial charge in [0.25, 0.3) is 0 Å². The lowest BCUT2D eigenvalue weighted by molar-refractivity contribution is -0.145. The van der Waals surface area contributed by atoms with Crippen molar-refractivity contribution in [2.75, 3.05) is 13.1 Å². The number of likely N-dealkylation sites (tertiary alicyclic amines) is 1. The molecule has 0 aromatic carbocycles. The van der Waals surface area contributed by atoms with Crippen molar-refractivity contribution in [3.63, 3.8) is 0 Å². The molecule has 6 heteroatoms. The van der Waals surface area contributed by atoms with Gasteiger partial charge >= 0.3 is 11.9 Å². The molecule has 0 bridgehead atoms. The van der Waals surface area contributed by atoms with Crippen LogP contribution < -0.4 is 5.32 Å². The van der Waals surface area contributed by atoms with Crippen LogP contribution in [0.25, 0.3) is 0 Å². The van der Waals surface area contributed by atoms with Gasteiger partial charge < -0.3 is 15.5 Å². The summed E-state index contributed by atoms with van der Waals surface area (Å²) in [6.07, 6.45) is 5.96. The number of carboxylic acid groups (broad SMARTS) is 2. The van der Waals surface area contributed by atoms with Crippen molar-refractivity contribution in [2.24, 2.45) is 0 Å². The number of hydrogen-bond acceptors (Lipinski definition) is 4. The molecule has 0 aromatic heterocycles. The molecule has 0 spiro atoms. The highest BCUT2D eigenvalue weighted by Crippen LogP contribution is 2.19. The van der Waals surface area contributed by atoms with E-state index in [1.54, 1.807) is 0 Å². The van der Waals surface area contributed by atoms with Gasteiger partial charge in [-0.3, -0.25) is 14.5 Å². The first-order valence-corrected chi connectivity index (χ1v) is 7.88. The summed E-state index contributed by atoms with van der Waals surface area (Å²) in [5.74, 6) is -1.38. The van der Waals surface area contributed by atoms with Crippen LogP contribution in [-0.2, 0) is 9.59 Å². The highest BCUT2D eigenvalue weighted by molar-refractivity contribution is 5.73. The molecular formula is C15H28N2O4. The lowest BCUT2D eigenvalue weighted by atomic mass is 10.0. The van der Waals surface area contributed by atoms with E-state index in [-0.39, 0.29) is 12.1 Å². The van der Waals surface area contributed by atoms with Crippen LogP contribution in [0.4, 0.5) is 0 Å². The van der Waals surface area contributed by atoms with E-state index >= 15 is 0 Å². The first-order valence-electron chi connectivity index (χ1n) is 7.88. The number of aliphatic carboxylic acids is 2. The van der Waals surface area contributed by atoms with Crippen molar-refractivity contribution >= 4 is 11.9 Å². The molecule has 3 N–H and O–H groups in total. The third-order valence-corrected chi connectivity index (χ3v) is 4.10. The molecule has 0 aliphatic carbocycles. The van der Waals surface area contributed by atoms with Crippen LogP contribution in [0.15, 0.2) is 0 Å². The fraction of sp³-hybridized carbons (Fsp3) is 0.867. The van der Waals surface area contributed by atoms with Crippen LogP contribution in [-0.4, -0.2) is 58.3 Å². The summed E-state index contributed by atoms with van der Waals surface area (Å²) < 4.78 is 0. The molecule has 21 heavy (non-hydrogen) atoms. The molecular weight excluding hydrogens is 272 g/mol. The molecule has 122 valence electrons. The van der Waals surface area contributed by atoms with Crippen LogP contribution in [0.5, 0.6) is 0 Å². The maximum atomic E-state index is 10.8. The van der Waals surface area contributed by atoms with E-state index in [0.29, 0.717) is 6.04 Å². The third kappa shape index (κ3) is 6.01. The van der Waals surface area contributed by atoms with Gasteiger partial charge in [-0.15, -0.1) is 0 Å². The third-order valence-electron chi connectivity index (χ3n) is 4.10. The van der Waals surface area contributed by atoms with Gasteiger partial charge in [-0.1, -0.05) is 12.8 Å². The van der Waals surface area contributed by atoms with Crippen LogP contribution in [0.1, 0.15) is 52.4 Å². The Morgan fingerprint density at radius 1 is 1.05 bits per heavy atom. The zero-order chi connectivity index (χ0) is 15.8. The fourth-order valence-corrected chi connectivity index (χ4v) is 2.90. The predicted molar refractivity (Wildman–Crippen MR) is 80.4 cm³/mol. The monoisotopic (exact) mass is 300 g/mol. The average molecular weight is 300 g/mol. The van der Waals surface area contributed by atoms with Gasteiger partial charge in [0.1, 0.15) is 12.1 Å². The second-order valence-corrected chi connectivity index (χ2v) is 6.02. The highest BCUT2D eigenvalue weighted by atomic mass is 16.4. The molecule has 6 nitrogen and oxygen atoms in total.